The number of hydrogen-bond acceptors (Lipinski definition) is 14. The predicted octanol–water partition coefficient (Wildman–Crippen LogP) is -0.296. The smallest absolute Gasteiger partial charge is 0.467 e. The van der Waals surface area contributed by atoms with Gasteiger partial charge in [-0.1, -0.05) is 121 Å². The Morgan fingerprint density at radius 1 is 0.393 bits per heavy atom. The largest absolute Gasteiger partial charge is 2.00 e. The van der Waals surface area contributed by atoms with Crippen LogP contribution in [0.1, 0.15) is 36.1 Å². The molecule has 26 nitrogen and oxygen atoms in total. The Hall–Kier alpha value is -9.25. The van der Waals surface area contributed by atoms with Gasteiger partial charge < -0.3 is 18.9 Å². The molecule has 12 amide bonds. The van der Waals surface area contributed by atoms with Crippen LogP contribution in [0.2, 0.25) is 0 Å². The van der Waals surface area contributed by atoms with Gasteiger partial charge in [-0.25, -0.2) is 58.0 Å². The second-order valence-electron chi connectivity index (χ2n) is 17.3. The van der Waals surface area contributed by atoms with Crippen molar-refractivity contribution in [1.82, 2.24) is 40.9 Å². The Bertz CT molecular complexity index is 2580. The molecule has 28 heteroatoms. The third-order valence-electron chi connectivity index (χ3n) is 11.6. The van der Waals surface area contributed by atoms with Gasteiger partial charge in [0.05, 0.1) is 92.4 Å². The summed E-state index contributed by atoms with van der Waals surface area (Å²) in [7, 11) is 5.04. The first kappa shape index (κ1) is 72.8. The number of nitriles is 2. The van der Waals surface area contributed by atoms with Gasteiger partial charge in [0.15, 0.2) is 24.2 Å². The van der Waals surface area contributed by atoms with Crippen molar-refractivity contribution < 1.29 is 115 Å². The van der Waals surface area contributed by atoms with Gasteiger partial charge in [0.2, 0.25) is 23.6 Å². The minimum Gasteiger partial charge on any atom is -0.467 e. The number of ether oxygens (including phenoxy) is 4. The summed E-state index contributed by atoms with van der Waals surface area (Å²) in [6.07, 6.45) is 0.669. The van der Waals surface area contributed by atoms with E-state index in [0.29, 0.717) is 0 Å². The number of hydrogen-bond donors (Lipinski definition) is 4. The average Bonchev–Trinajstić information content (AvgIpc) is 4.36. The summed E-state index contributed by atoms with van der Waals surface area (Å²) in [6.45, 7) is 3.16. The summed E-state index contributed by atoms with van der Waals surface area (Å²) in [6, 6.07) is 36.2. The van der Waals surface area contributed by atoms with Crippen LogP contribution in [0.4, 0.5) is 0 Å². The SMILES string of the molecule is CC#N.CC#N.COC(=O)C1CN(C(=O)Cc2ccccc2)C(=[OH+])N1.COC(=O)C1CN(C(=O)Cc2ccccc2)C(=[OH+])N1.COC(=O)C1CN(C(=O)Cc2ccccc2)C(=[OH+])N1.COC(=O)C1CN(C(=O)Cc2ccccc2)C(=[OH+])N1.[Rh+2].[Rh+2]. The van der Waals surface area contributed by atoms with Crippen molar-refractivity contribution in [3.8, 4) is 12.1 Å². The molecule has 4 atom stereocenters. The van der Waals surface area contributed by atoms with Gasteiger partial charge >= 0.3 is 87.0 Å². The van der Waals surface area contributed by atoms with E-state index in [2.05, 4.69) is 40.2 Å². The molecule has 84 heavy (non-hydrogen) atoms. The average molecular weight is 1340 g/mol. The van der Waals surface area contributed by atoms with Crippen molar-refractivity contribution in [2.24, 2.45) is 0 Å². The molecule has 4 fully saturated rings. The number of rotatable bonds is 12. The maximum Gasteiger partial charge on any atom is 2.00 e. The molecule has 4 heterocycles. The van der Waals surface area contributed by atoms with Crippen molar-refractivity contribution in [3.63, 3.8) is 0 Å². The summed E-state index contributed by atoms with van der Waals surface area (Å²) in [4.78, 5) is 137. The molecule has 4 aromatic carbocycles. The minimum atomic E-state index is -0.718. The van der Waals surface area contributed by atoms with Crippen LogP contribution < -0.4 is 21.3 Å². The van der Waals surface area contributed by atoms with Gasteiger partial charge in [0.1, 0.15) is 0 Å². The van der Waals surface area contributed by atoms with Gasteiger partial charge in [-0.3, -0.25) is 40.4 Å². The Morgan fingerprint density at radius 3 is 0.690 bits per heavy atom. The molecule has 446 valence electrons. The normalized spacial score (nSPS) is 16.5. The summed E-state index contributed by atoms with van der Waals surface area (Å²) < 4.78 is 18.3. The van der Waals surface area contributed by atoms with Crippen molar-refractivity contribution in [3.05, 3.63) is 144 Å². The molecule has 4 unspecified atom stereocenters. The first-order valence-electron chi connectivity index (χ1n) is 24.9. The fourth-order valence-corrected chi connectivity index (χ4v) is 7.64. The van der Waals surface area contributed by atoms with Crippen molar-refractivity contribution in [1.29, 1.82) is 10.5 Å². The predicted molar refractivity (Wildman–Crippen MR) is 294 cm³/mol. The summed E-state index contributed by atoms with van der Waals surface area (Å²) in [5.74, 6) is -3.15. The van der Waals surface area contributed by atoms with E-state index in [1.165, 1.54) is 42.3 Å². The summed E-state index contributed by atoms with van der Waals surface area (Å²) in [5.41, 5.74) is 3.40. The van der Waals surface area contributed by atoms with Crippen LogP contribution in [-0.4, -0.2) is 189 Å². The topological polar surface area (TPSA) is 368 Å². The van der Waals surface area contributed by atoms with Crippen LogP contribution in [0.3, 0.4) is 0 Å². The Balaban J connectivity index is 0.000000538. The number of esters is 4. The Kier molecular flexibility index (Phi) is 33.3. The second kappa shape index (κ2) is 38.5. The first-order valence-corrected chi connectivity index (χ1v) is 24.9. The van der Waals surface area contributed by atoms with Gasteiger partial charge in [-0.15, -0.1) is 0 Å². The van der Waals surface area contributed by atoms with Crippen LogP contribution in [-0.2, 0) is 122 Å². The van der Waals surface area contributed by atoms with E-state index in [1.54, 1.807) is 12.1 Å². The molecule has 2 radical (unpaired) electrons. The maximum atomic E-state index is 12.0. The molecule has 8 rings (SSSR count). The van der Waals surface area contributed by atoms with Crippen LogP contribution in [0.25, 0.3) is 0 Å². The standard InChI is InChI=1S/4C13H14N2O4.2C2H3N.2Rh/c4*1-19-12(17)10-8-15(13(18)14-10)11(16)7-9-5-3-2-4-6-9;2*1-2-3;;/h4*2-6,10H,7-8H2,1H3,(H,14,18);2*1H3;;/q;;;;;;2*+2/p+4. The number of imide groups is 4. The molecule has 4 saturated heterocycles. The van der Waals surface area contributed by atoms with E-state index in [9.17, 15) is 57.5 Å². The third-order valence-corrected chi connectivity index (χ3v) is 11.6. The molecular formula is C56H66N10O16Rh2+8. The minimum absolute atomic E-state index is 0. The van der Waals surface area contributed by atoms with Gasteiger partial charge in [0, 0.05) is 13.8 Å². The molecule has 0 aliphatic carbocycles. The Morgan fingerprint density at radius 2 is 0.548 bits per heavy atom. The number of carbonyl (C=O) groups is 8. The number of methoxy groups -OCH3 is 4. The fourth-order valence-electron chi connectivity index (χ4n) is 7.64. The zero-order valence-electron chi connectivity index (χ0n) is 46.6. The van der Waals surface area contributed by atoms with Gasteiger partial charge in [0.25, 0.3) is 0 Å². The molecule has 4 aliphatic rings. The molecule has 0 aromatic heterocycles. The number of benzene rings is 4. The molecular weight excluding hydrogens is 1270 g/mol. The quantitative estimate of drug-likeness (QED) is 0.0613. The first-order chi connectivity index (χ1) is 39.3. The molecule has 4 aliphatic heterocycles. The fraction of sp³-hybridized carbons (Fsp3) is 0.321. The van der Waals surface area contributed by atoms with E-state index >= 15 is 0 Å². The maximum absolute atomic E-state index is 12.0. The number of nitrogens with zero attached hydrogens (tertiary/aromatic N) is 6. The summed E-state index contributed by atoms with van der Waals surface area (Å²) in [5, 5.41) is 24.7. The number of amides is 12. The second-order valence-corrected chi connectivity index (χ2v) is 17.3. The third kappa shape index (κ3) is 23.3. The number of carbonyl (C=O) groups excluding carboxylic acids is 12. The van der Waals surface area contributed by atoms with E-state index < -0.39 is 48.0 Å². The van der Waals surface area contributed by atoms with Gasteiger partial charge in [-0.2, -0.15) is 10.5 Å². The van der Waals surface area contributed by atoms with Crippen LogP contribution in [0, 0.1) is 22.7 Å². The molecule has 0 bridgehead atoms. The molecule has 0 saturated carbocycles. The molecule has 0 spiro atoms. The molecule has 4 aromatic rings. The number of urea groups is 4. The van der Waals surface area contributed by atoms with Crippen molar-refractivity contribution in [2.45, 2.75) is 63.7 Å². The van der Waals surface area contributed by atoms with Crippen molar-refractivity contribution in [2.75, 3.05) is 54.6 Å². The number of nitrogens with one attached hydrogen (secondary N) is 4. The van der Waals surface area contributed by atoms with E-state index in [-0.39, 0.29) is 139 Å². The van der Waals surface area contributed by atoms with E-state index in [4.69, 9.17) is 10.5 Å². The van der Waals surface area contributed by atoms with Crippen LogP contribution in [0.15, 0.2) is 121 Å². The van der Waals surface area contributed by atoms with Gasteiger partial charge in [-0.05, 0) is 22.3 Å². The molecule has 8 N–H and O–H groups in total. The monoisotopic (exact) mass is 1340 g/mol. The van der Waals surface area contributed by atoms with E-state index in [1.807, 2.05) is 121 Å². The van der Waals surface area contributed by atoms with Crippen molar-refractivity contribution >= 4 is 71.6 Å². The zero-order chi connectivity index (χ0) is 60.7. The Labute approximate surface area is 509 Å². The van der Waals surface area contributed by atoms with E-state index in [0.717, 1.165) is 41.9 Å². The zero-order valence-corrected chi connectivity index (χ0v) is 49.8. The van der Waals surface area contributed by atoms with Crippen LogP contribution in [0.5, 0.6) is 0 Å². The van der Waals surface area contributed by atoms with Crippen LogP contribution >= 0.6 is 0 Å². The summed E-state index contributed by atoms with van der Waals surface area (Å²) >= 11 is 0.